The van der Waals surface area contributed by atoms with Crippen LogP contribution in [0.5, 0.6) is 17.4 Å². The number of rotatable bonds is 3. The maximum absolute atomic E-state index is 10.0. The molecule has 3 aromatic rings. The Hall–Kier alpha value is -2.82. The third-order valence-corrected chi connectivity index (χ3v) is 3.50. The van der Waals surface area contributed by atoms with Crippen LogP contribution in [0.1, 0.15) is 5.82 Å². The van der Waals surface area contributed by atoms with Gasteiger partial charge in [-0.1, -0.05) is 12.1 Å². The van der Waals surface area contributed by atoms with Gasteiger partial charge >= 0.3 is 0 Å². The first-order valence-corrected chi connectivity index (χ1v) is 6.82. The second-order valence-corrected chi connectivity index (χ2v) is 4.90. The first kappa shape index (κ1) is 14.1. The number of aromatic hydroxyl groups is 1. The molecule has 2 aromatic carbocycles. The van der Waals surface area contributed by atoms with Crippen LogP contribution in [0.15, 0.2) is 36.4 Å². The minimum absolute atomic E-state index is 0.00942. The average Bonchev–Trinajstić information content (AvgIpc) is 2.53. The number of aromatic nitrogens is 2. The first-order valence-electron chi connectivity index (χ1n) is 6.82. The summed E-state index contributed by atoms with van der Waals surface area (Å²) in [6, 6.07) is 11.4. The van der Waals surface area contributed by atoms with E-state index in [0.29, 0.717) is 28.2 Å². The van der Waals surface area contributed by atoms with E-state index in [4.69, 9.17) is 9.47 Å². The molecule has 0 unspecified atom stereocenters. The molecule has 1 heterocycles. The van der Waals surface area contributed by atoms with Crippen LogP contribution < -0.4 is 9.47 Å². The van der Waals surface area contributed by atoms with Crippen molar-refractivity contribution in [1.82, 2.24) is 9.97 Å². The lowest BCUT2D eigenvalue weighted by Crippen LogP contribution is -1.92. The Balaban J connectivity index is 2.14. The van der Waals surface area contributed by atoms with E-state index >= 15 is 0 Å². The van der Waals surface area contributed by atoms with Crippen molar-refractivity contribution in [3.05, 3.63) is 42.2 Å². The van der Waals surface area contributed by atoms with Gasteiger partial charge in [-0.05, 0) is 42.3 Å². The fourth-order valence-electron chi connectivity index (χ4n) is 2.42. The third-order valence-electron chi connectivity index (χ3n) is 3.50. The highest BCUT2D eigenvalue weighted by molar-refractivity contribution is 5.88. The number of aryl methyl sites for hydroxylation is 1. The van der Waals surface area contributed by atoms with Gasteiger partial charge in [-0.15, -0.1) is 0 Å². The number of hydrogen-bond acceptors (Lipinski definition) is 5. The lowest BCUT2D eigenvalue weighted by molar-refractivity contribution is 0.355. The maximum Gasteiger partial charge on any atom is 0.222 e. The third kappa shape index (κ3) is 2.41. The van der Waals surface area contributed by atoms with Crippen LogP contribution in [0.2, 0.25) is 0 Å². The van der Waals surface area contributed by atoms with Gasteiger partial charge < -0.3 is 14.6 Å². The van der Waals surface area contributed by atoms with Crippen molar-refractivity contribution in [1.29, 1.82) is 0 Å². The number of hydrogen-bond donors (Lipinski definition) is 1. The monoisotopic (exact) mass is 296 g/mol. The molecule has 0 amide bonds. The fourth-order valence-corrected chi connectivity index (χ4v) is 2.42. The molecule has 112 valence electrons. The van der Waals surface area contributed by atoms with E-state index in [1.54, 1.807) is 21.1 Å². The Labute approximate surface area is 128 Å². The Bertz CT molecular complexity index is 847. The summed E-state index contributed by atoms with van der Waals surface area (Å²) in [5.74, 6) is 1.87. The molecule has 0 aliphatic carbocycles. The molecule has 1 aromatic heterocycles. The van der Waals surface area contributed by atoms with E-state index in [9.17, 15) is 5.11 Å². The molecule has 0 spiro atoms. The van der Waals surface area contributed by atoms with Gasteiger partial charge in [0.2, 0.25) is 5.88 Å². The Kier molecular flexibility index (Phi) is 3.55. The number of methoxy groups -OCH3 is 2. The molecule has 0 fully saturated rings. The largest absolute Gasteiger partial charge is 0.493 e. The second-order valence-electron chi connectivity index (χ2n) is 4.90. The molecule has 1 N–H and O–H groups in total. The number of ether oxygens (including phenoxy) is 2. The predicted molar refractivity (Wildman–Crippen MR) is 84.5 cm³/mol. The topological polar surface area (TPSA) is 64.5 Å². The number of fused-ring (bicyclic) bond motifs is 1. The summed E-state index contributed by atoms with van der Waals surface area (Å²) in [4.78, 5) is 8.31. The predicted octanol–water partition coefficient (Wildman–Crippen LogP) is 3.33. The van der Waals surface area contributed by atoms with Crippen LogP contribution in [0, 0.1) is 6.92 Å². The molecule has 3 rings (SSSR count). The van der Waals surface area contributed by atoms with E-state index in [-0.39, 0.29) is 5.88 Å². The Morgan fingerprint density at radius 2 is 1.55 bits per heavy atom. The standard InChI is InChI=1S/C17H16N2O3/c1-10-18-14-6-4-11(8-13(14)17(20)19-10)12-5-7-15(21-2)16(9-12)22-3/h4-9H,1-3H3,(H,18,19,20). The van der Waals surface area contributed by atoms with Crippen LogP contribution >= 0.6 is 0 Å². The highest BCUT2D eigenvalue weighted by Crippen LogP contribution is 2.34. The van der Waals surface area contributed by atoms with Crippen LogP contribution in [-0.4, -0.2) is 29.3 Å². The summed E-state index contributed by atoms with van der Waals surface area (Å²) in [6.07, 6.45) is 0. The highest BCUT2D eigenvalue weighted by Gasteiger charge is 2.09. The van der Waals surface area contributed by atoms with Gasteiger partial charge in [-0.25, -0.2) is 4.98 Å². The van der Waals surface area contributed by atoms with Crippen molar-refractivity contribution in [3.8, 4) is 28.5 Å². The Morgan fingerprint density at radius 1 is 0.864 bits per heavy atom. The van der Waals surface area contributed by atoms with Crippen LogP contribution in [0.4, 0.5) is 0 Å². The molecule has 0 atom stereocenters. The van der Waals surface area contributed by atoms with Gasteiger partial charge in [0.25, 0.3) is 0 Å². The molecule has 0 aliphatic rings. The van der Waals surface area contributed by atoms with Gasteiger partial charge in [0.05, 0.1) is 25.1 Å². The summed E-state index contributed by atoms with van der Waals surface area (Å²) >= 11 is 0. The molecule has 5 heteroatoms. The minimum Gasteiger partial charge on any atom is -0.493 e. The quantitative estimate of drug-likeness (QED) is 0.803. The van der Waals surface area contributed by atoms with Gasteiger partial charge in [0.15, 0.2) is 11.5 Å². The van der Waals surface area contributed by atoms with E-state index in [2.05, 4.69) is 9.97 Å². The summed E-state index contributed by atoms with van der Waals surface area (Å²) in [5, 5.41) is 10.6. The molecule has 5 nitrogen and oxygen atoms in total. The molecular formula is C17H16N2O3. The number of nitrogens with zero attached hydrogens (tertiary/aromatic N) is 2. The van der Waals surface area contributed by atoms with Crippen LogP contribution in [0.3, 0.4) is 0 Å². The van der Waals surface area contributed by atoms with E-state index in [1.165, 1.54) is 0 Å². The van der Waals surface area contributed by atoms with E-state index in [0.717, 1.165) is 11.1 Å². The van der Waals surface area contributed by atoms with E-state index in [1.807, 2.05) is 36.4 Å². The van der Waals surface area contributed by atoms with Crippen LogP contribution in [0.25, 0.3) is 22.0 Å². The zero-order valence-electron chi connectivity index (χ0n) is 12.6. The van der Waals surface area contributed by atoms with Crippen molar-refractivity contribution < 1.29 is 14.6 Å². The zero-order chi connectivity index (χ0) is 15.7. The SMILES string of the molecule is COc1ccc(-c2ccc3nc(C)nc(O)c3c2)cc1OC. The lowest BCUT2D eigenvalue weighted by atomic mass is 10.0. The maximum atomic E-state index is 10.0. The van der Waals surface area contributed by atoms with Crippen molar-refractivity contribution >= 4 is 10.9 Å². The summed E-state index contributed by atoms with van der Waals surface area (Å²) in [7, 11) is 3.20. The number of benzene rings is 2. The minimum atomic E-state index is -0.00942. The zero-order valence-corrected chi connectivity index (χ0v) is 12.6. The van der Waals surface area contributed by atoms with Gasteiger partial charge in [-0.3, -0.25) is 0 Å². The normalized spacial score (nSPS) is 10.7. The van der Waals surface area contributed by atoms with Crippen molar-refractivity contribution in [3.63, 3.8) is 0 Å². The van der Waals surface area contributed by atoms with Crippen molar-refractivity contribution in [2.75, 3.05) is 14.2 Å². The van der Waals surface area contributed by atoms with Gasteiger partial charge in [-0.2, -0.15) is 4.98 Å². The van der Waals surface area contributed by atoms with Crippen molar-refractivity contribution in [2.24, 2.45) is 0 Å². The Morgan fingerprint density at radius 3 is 2.27 bits per heavy atom. The van der Waals surface area contributed by atoms with Gasteiger partial charge in [0.1, 0.15) is 5.82 Å². The van der Waals surface area contributed by atoms with Crippen molar-refractivity contribution in [2.45, 2.75) is 6.92 Å². The average molecular weight is 296 g/mol. The molecule has 0 radical (unpaired) electrons. The highest BCUT2D eigenvalue weighted by atomic mass is 16.5. The van der Waals surface area contributed by atoms with E-state index < -0.39 is 0 Å². The molecule has 0 bridgehead atoms. The second kappa shape index (κ2) is 5.52. The molecule has 22 heavy (non-hydrogen) atoms. The lowest BCUT2D eigenvalue weighted by Gasteiger charge is -2.10. The molecule has 0 aliphatic heterocycles. The fraction of sp³-hybridized carbons (Fsp3) is 0.176. The van der Waals surface area contributed by atoms with Crippen LogP contribution in [-0.2, 0) is 0 Å². The first-order chi connectivity index (χ1) is 10.6. The molecule has 0 saturated heterocycles. The molecule has 0 saturated carbocycles. The van der Waals surface area contributed by atoms with Gasteiger partial charge in [0, 0.05) is 0 Å². The molecular weight excluding hydrogens is 280 g/mol. The summed E-state index contributed by atoms with van der Waals surface area (Å²) in [5.41, 5.74) is 2.62. The smallest absolute Gasteiger partial charge is 0.222 e. The summed E-state index contributed by atoms with van der Waals surface area (Å²) in [6.45, 7) is 1.75. The summed E-state index contributed by atoms with van der Waals surface area (Å²) < 4.78 is 10.6.